The molecule has 0 radical (unpaired) electrons. The van der Waals surface area contributed by atoms with Crippen molar-refractivity contribution in [3.63, 3.8) is 0 Å². The summed E-state index contributed by atoms with van der Waals surface area (Å²) in [6.45, 7) is 4.14. The Bertz CT molecular complexity index is 973. The van der Waals surface area contributed by atoms with E-state index in [2.05, 4.69) is 10.6 Å². The van der Waals surface area contributed by atoms with Gasteiger partial charge in [0.05, 0.1) is 24.7 Å². The summed E-state index contributed by atoms with van der Waals surface area (Å²) in [7, 11) is 0. The van der Waals surface area contributed by atoms with E-state index in [1.807, 2.05) is 42.6 Å². The molecule has 0 saturated carbocycles. The smallest absolute Gasteiger partial charge is 0.265 e. The van der Waals surface area contributed by atoms with Crippen molar-refractivity contribution in [1.82, 2.24) is 0 Å². The van der Waals surface area contributed by atoms with Gasteiger partial charge in [-0.2, -0.15) is 0 Å². The number of hydrogen-bond donors (Lipinski definition) is 2. The van der Waals surface area contributed by atoms with Crippen molar-refractivity contribution in [2.75, 3.05) is 30.5 Å². The first kappa shape index (κ1) is 21.7. The summed E-state index contributed by atoms with van der Waals surface area (Å²) in [5.74, 6) is -0.448. The molecular weight excluding hydrogens is 400 g/mol. The Kier molecular flexibility index (Phi) is 8.14. The first-order chi connectivity index (χ1) is 14.7. The largest absolute Gasteiger partial charge is 0.379 e. The van der Waals surface area contributed by atoms with Crippen LogP contribution in [0.3, 0.4) is 0 Å². The Morgan fingerprint density at radius 2 is 1.60 bits per heavy atom. The molecule has 1 aromatic heterocycles. The lowest BCUT2D eigenvalue weighted by Gasteiger charge is -2.10. The summed E-state index contributed by atoms with van der Waals surface area (Å²) in [5.41, 5.74) is 2.66. The standard InChI is InChI=1S/C23H24N2O4S/c1-2-28-11-12-29-16-17-6-3-8-19(14-17)24-22(26)18-7-4-9-20(15-18)25-23(27)21-10-5-13-30-21/h3-10,13-15H,2,11-12,16H2,1H3,(H,24,26)(H,25,27). The Labute approximate surface area is 179 Å². The molecule has 0 aliphatic rings. The fraction of sp³-hybridized carbons (Fsp3) is 0.217. The number of nitrogens with one attached hydrogen (secondary N) is 2. The third-order valence-corrected chi connectivity index (χ3v) is 5.03. The third kappa shape index (κ3) is 6.52. The summed E-state index contributed by atoms with van der Waals surface area (Å²) in [6.07, 6.45) is 0. The fourth-order valence-electron chi connectivity index (χ4n) is 2.73. The third-order valence-electron chi connectivity index (χ3n) is 4.16. The molecule has 2 amide bonds. The van der Waals surface area contributed by atoms with E-state index < -0.39 is 0 Å². The summed E-state index contributed by atoms with van der Waals surface area (Å²) in [6, 6.07) is 17.9. The van der Waals surface area contributed by atoms with Gasteiger partial charge in [-0.05, 0) is 54.3 Å². The molecule has 0 bridgehead atoms. The van der Waals surface area contributed by atoms with Crippen molar-refractivity contribution in [3.8, 4) is 0 Å². The molecule has 7 heteroatoms. The van der Waals surface area contributed by atoms with Gasteiger partial charge in [-0.3, -0.25) is 9.59 Å². The van der Waals surface area contributed by atoms with Gasteiger partial charge in [-0.25, -0.2) is 0 Å². The second-order valence-corrected chi connectivity index (χ2v) is 7.36. The maximum absolute atomic E-state index is 12.7. The van der Waals surface area contributed by atoms with Gasteiger partial charge >= 0.3 is 0 Å². The zero-order valence-corrected chi connectivity index (χ0v) is 17.5. The van der Waals surface area contributed by atoms with Gasteiger partial charge < -0.3 is 20.1 Å². The van der Waals surface area contributed by atoms with Gasteiger partial charge in [-0.15, -0.1) is 11.3 Å². The van der Waals surface area contributed by atoms with Crippen molar-refractivity contribution in [1.29, 1.82) is 0 Å². The molecule has 30 heavy (non-hydrogen) atoms. The number of benzene rings is 2. The van der Waals surface area contributed by atoms with Gasteiger partial charge in [-0.1, -0.05) is 24.3 Å². The fourth-order valence-corrected chi connectivity index (χ4v) is 3.35. The molecule has 0 spiro atoms. The molecule has 156 valence electrons. The average Bonchev–Trinajstić information content (AvgIpc) is 3.29. The lowest BCUT2D eigenvalue weighted by Crippen LogP contribution is -2.14. The average molecular weight is 425 g/mol. The van der Waals surface area contributed by atoms with E-state index in [9.17, 15) is 9.59 Å². The van der Waals surface area contributed by atoms with Gasteiger partial charge in [0.25, 0.3) is 11.8 Å². The predicted octanol–water partition coefficient (Wildman–Crippen LogP) is 4.81. The Balaban J connectivity index is 1.58. The number of anilines is 2. The lowest BCUT2D eigenvalue weighted by molar-refractivity contribution is 0.0453. The summed E-state index contributed by atoms with van der Waals surface area (Å²) in [5, 5.41) is 7.55. The number of rotatable bonds is 10. The van der Waals surface area contributed by atoms with Crippen LogP contribution in [0.15, 0.2) is 66.0 Å². The molecule has 0 aliphatic heterocycles. The molecular formula is C23H24N2O4S. The number of thiophene rings is 1. The topological polar surface area (TPSA) is 76.7 Å². The van der Waals surface area contributed by atoms with E-state index in [1.54, 1.807) is 30.3 Å². The highest BCUT2D eigenvalue weighted by atomic mass is 32.1. The number of ether oxygens (including phenoxy) is 2. The lowest BCUT2D eigenvalue weighted by atomic mass is 10.1. The number of amides is 2. The molecule has 0 saturated heterocycles. The summed E-state index contributed by atoms with van der Waals surface area (Å²) in [4.78, 5) is 25.5. The zero-order valence-electron chi connectivity index (χ0n) is 16.7. The highest BCUT2D eigenvalue weighted by Crippen LogP contribution is 2.17. The maximum atomic E-state index is 12.7. The quantitative estimate of drug-likeness (QED) is 0.458. The second-order valence-electron chi connectivity index (χ2n) is 6.42. The Hall–Kier alpha value is -3.00. The van der Waals surface area contributed by atoms with Gasteiger partial charge in [0.15, 0.2) is 0 Å². The van der Waals surface area contributed by atoms with Crippen LogP contribution in [-0.4, -0.2) is 31.6 Å². The molecule has 0 aliphatic carbocycles. The van der Waals surface area contributed by atoms with E-state index in [-0.39, 0.29) is 11.8 Å². The Morgan fingerprint density at radius 1 is 0.867 bits per heavy atom. The van der Waals surface area contributed by atoms with Crippen molar-refractivity contribution >= 4 is 34.5 Å². The zero-order chi connectivity index (χ0) is 21.2. The van der Waals surface area contributed by atoms with E-state index in [0.717, 1.165) is 5.56 Å². The van der Waals surface area contributed by atoms with Gasteiger partial charge in [0.2, 0.25) is 0 Å². The maximum Gasteiger partial charge on any atom is 0.265 e. The van der Waals surface area contributed by atoms with Crippen LogP contribution in [0.5, 0.6) is 0 Å². The molecule has 0 atom stereocenters. The second kappa shape index (κ2) is 11.3. The summed E-state index contributed by atoms with van der Waals surface area (Å²) >= 11 is 1.36. The minimum absolute atomic E-state index is 0.195. The molecule has 3 aromatic rings. The van der Waals surface area contributed by atoms with E-state index >= 15 is 0 Å². The van der Waals surface area contributed by atoms with E-state index in [0.29, 0.717) is 48.2 Å². The monoisotopic (exact) mass is 424 g/mol. The molecule has 3 rings (SSSR count). The predicted molar refractivity (Wildman–Crippen MR) is 119 cm³/mol. The van der Waals surface area contributed by atoms with Crippen LogP contribution in [0, 0.1) is 0 Å². The summed E-state index contributed by atoms with van der Waals surface area (Å²) < 4.78 is 10.8. The number of carbonyl (C=O) groups excluding carboxylic acids is 2. The van der Waals surface area contributed by atoms with E-state index in [4.69, 9.17) is 9.47 Å². The first-order valence-electron chi connectivity index (χ1n) is 9.66. The van der Waals surface area contributed by atoms with Crippen molar-refractivity contribution in [2.24, 2.45) is 0 Å². The molecule has 0 fully saturated rings. The molecule has 6 nitrogen and oxygen atoms in total. The Morgan fingerprint density at radius 3 is 2.37 bits per heavy atom. The minimum Gasteiger partial charge on any atom is -0.379 e. The van der Waals surface area contributed by atoms with E-state index in [1.165, 1.54) is 11.3 Å². The van der Waals surface area contributed by atoms with Crippen LogP contribution in [-0.2, 0) is 16.1 Å². The van der Waals surface area contributed by atoms with Crippen LogP contribution in [0.1, 0.15) is 32.5 Å². The molecule has 0 unspecified atom stereocenters. The number of hydrogen-bond acceptors (Lipinski definition) is 5. The minimum atomic E-state index is -0.253. The van der Waals surface area contributed by atoms with Crippen molar-refractivity contribution in [2.45, 2.75) is 13.5 Å². The molecule has 2 aromatic carbocycles. The first-order valence-corrected chi connectivity index (χ1v) is 10.5. The highest BCUT2D eigenvalue weighted by Gasteiger charge is 2.10. The van der Waals surface area contributed by atoms with Gasteiger partial charge in [0.1, 0.15) is 0 Å². The number of carbonyl (C=O) groups is 2. The van der Waals surface area contributed by atoms with Crippen LogP contribution in [0.25, 0.3) is 0 Å². The van der Waals surface area contributed by atoms with Crippen LogP contribution >= 0.6 is 11.3 Å². The van der Waals surface area contributed by atoms with Gasteiger partial charge in [0, 0.05) is 23.5 Å². The van der Waals surface area contributed by atoms with Crippen LogP contribution in [0.2, 0.25) is 0 Å². The van der Waals surface area contributed by atoms with Crippen molar-refractivity contribution in [3.05, 3.63) is 82.0 Å². The van der Waals surface area contributed by atoms with Crippen LogP contribution < -0.4 is 10.6 Å². The highest BCUT2D eigenvalue weighted by molar-refractivity contribution is 7.12. The molecule has 2 N–H and O–H groups in total. The van der Waals surface area contributed by atoms with Crippen molar-refractivity contribution < 1.29 is 19.1 Å². The van der Waals surface area contributed by atoms with Crippen LogP contribution in [0.4, 0.5) is 11.4 Å². The molecule has 1 heterocycles. The normalized spacial score (nSPS) is 10.6. The SMILES string of the molecule is CCOCCOCc1cccc(NC(=O)c2cccc(NC(=O)c3cccs3)c2)c1.